The first kappa shape index (κ1) is 23.2. The van der Waals surface area contributed by atoms with E-state index in [1.54, 1.807) is 30.3 Å². The van der Waals surface area contributed by atoms with Gasteiger partial charge in [-0.2, -0.15) is 0 Å². The Labute approximate surface area is 192 Å². The molecule has 1 aliphatic heterocycles. The van der Waals surface area contributed by atoms with Crippen molar-refractivity contribution in [3.63, 3.8) is 0 Å². The summed E-state index contributed by atoms with van der Waals surface area (Å²) in [5.41, 5.74) is 0.232. The minimum atomic E-state index is -0.779. The molecule has 1 amide bonds. The van der Waals surface area contributed by atoms with Crippen LogP contribution in [0.25, 0.3) is 0 Å². The van der Waals surface area contributed by atoms with Gasteiger partial charge >= 0.3 is 5.97 Å². The molecular weight excluding hydrogens is 427 g/mol. The summed E-state index contributed by atoms with van der Waals surface area (Å²) in [4.78, 5) is 25.2. The lowest BCUT2D eigenvalue weighted by Crippen LogP contribution is -2.61. The van der Waals surface area contributed by atoms with Gasteiger partial charge in [0.2, 0.25) is 5.91 Å². The molecule has 2 aliphatic rings. The first-order valence-electron chi connectivity index (χ1n) is 11.2. The highest BCUT2D eigenvalue weighted by Gasteiger charge is 2.50. The van der Waals surface area contributed by atoms with E-state index in [9.17, 15) is 14.0 Å². The fourth-order valence-electron chi connectivity index (χ4n) is 4.21. The Balaban J connectivity index is 1.40. The summed E-state index contributed by atoms with van der Waals surface area (Å²) in [7, 11) is 1.35. The lowest BCUT2D eigenvalue weighted by atomic mass is 9.88. The molecule has 8 heteroatoms. The molecule has 7 nitrogen and oxygen atoms in total. The van der Waals surface area contributed by atoms with Crippen LogP contribution in [-0.2, 0) is 19.8 Å². The number of nitrogens with one attached hydrogen (secondary N) is 2. The van der Waals surface area contributed by atoms with Crippen molar-refractivity contribution in [2.24, 2.45) is 0 Å². The highest BCUT2D eigenvalue weighted by Crippen LogP contribution is 2.46. The molecule has 1 saturated carbocycles. The van der Waals surface area contributed by atoms with Crippen LogP contribution < -0.4 is 15.4 Å². The number of ether oxygens (including phenoxy) is 3. The molecule has 1 heterocycles. The number of halogens is 1. The molecule has 0 atom stereocenters. The molecule has 33 heavy (non-hydrogen) atoms. The number of carbonyl (C=O) groups excluding carboxylic acids is 2. The zero-order valence-electron chi connectivity index (χ0n) is 18.7. The topological polar surface area (TPSA) is 85.9 Å². The van der Waals surface area contributed by atoms with Crippen molar-refractivity contribution in [3.8, 4) is 5.75 Å². The molecule has 0 aromatic heterocycles. The van der Waals surface area contributed by atoms with Gasteiger partial charge in [0.05, 0.1) is 18.2 Å². The molecule has 0 spiro atoms. The van der Waals surface area contributed by atoms with E-state index in [-0.39, 0.29) is 18.3 Å². The Morgan fingerprint density at radius 3 is 2.36 bits per heavy atom. The normalized spacial score (nSPS) is 18.2. The summed E-state index contributed by atoms with van der Waals surface area (Å²) in [6, 6.07) is 13.4. The number of hydrogen-bond donors (Lipinski definition) is 2. The SMILES string of the molecule is COC(=O)c1ccc(C2(NC(=O)C3(NCCOc4ccccc4F)CCOCC3)CC2)cc1. The molecule has 0 unspecified atom stereocenters. The molecule has 2 aromatic rings. The number of rotatable bonds is 9. The van der Waals surface area contributed by atoms with E-state index in [4.69, 9.17) is 14.2 Å². The predicted molar refractivity (Wildman–Crippen MR) is 120 cm³/mol. The van der Waals surface area contributed by atoms with E-state index >= 15 is 0 Å². The third-order valence-corrected chi connectivity index (χ3v) is 6.40. The first-order chi connectivity index (χ1) is 16.0. The molecule has 1 saturated heterocycles. The quantitative estimate of drug-likeness (QED) is 0.446. The van der Waals surface area contributed by atoms with Gasteiger partial charge < -0.3 is 19.5 Å². The van der Waals surface area contributed by atoms with Crippen molar-refractivity contribution >= 4 is 11.9 Å². The number of esters is 1. The van der Waals surface area contributed by atoms with Crippen LogP contribution in [0.4, 0.5) is 4.39 Å². The summed E-state index contributed by atoms with van der Waals surface area (Å²) in [6.07, 6.45) is 2.74. The van der Waals surface area contributed by atoms with Crippen LogP contribution in [-0.4, -0.2) is 50.9 Å². The molecule has 1 aliphatic carbocycles. The Morgan fingerprint density at radius 2 is 1.73 bits per heavy atom. The van der Waals surface area contributed by atoms with Crippen molar-refractivity contribution in [1.82, 2.24) is 10.6 Å². The summed E-state index contributed by atoms with van der Waals surface area (Å²) in [5.74, 6) is -0.688. The number of methoxy groups -OCH3 is 1. The van der Waals surface area contributed by atoms with Gasteiger partial charge in [0.25, 0.3) is 0 Å². The van der Waals surface area contributed by atoms with Crippen LogP contribution in [0, 0.1) is 5.82 Å². The van der Waals surface area contributed by atoms with Crippen molar-refractivity contribution in [2.75, 3.05) is 33.5 Å². The zero-order valence-corrected chi connectivity index (χ0v) is 18.7. The van der Waals surface area contributed by atoms with Gasteiger partial charge in [0.15, 0.2) is 11.6 Å². The van der Waals surface area contributed by atoms with Crippen molar-refractivity contribution < 1.29 is 28.2 Å². The Kier molecular flexibility index (Phi) is 6.95. The van der Waals surface area contributed by atoms with Gasteiger partial charge in [0, 0.05) is 19.8 Å². The van der Waals surface area contributed by atoms with E-state index < -0.39 is 22.9 Å². The lowest BCUT2D eigenvalue weighted by Gasteiger charge is -2.38. The fourth-order valence-corrected chi connectivity index (χ4v) is 4.21. The van der Waals surface area contributed by atoms with E-state index in [2.05, 4.69) is 10.6 Å². The summed E-state index contributed by atoms with van der Waals surface area (Å²) in [6.45, 7) is 1.59. The summed E-state index contributed by atoms with van der Waals surface area (Å²) in [5, 5.41) is 6.61. The predicted octanol–water partition coefficient (Wildman–Crippen LogP) is 2.94. The maximum Gasteiger partial charge on any atom is 0.337 e. The minimum Gasteiger partial charge on any atom is -0.489 e. The lowest BCUT2D eigenvalue weighted by molar-refractivity contribution is -0.133. The van der Waals surface area contributed by atoms with Crippen LogP contribution in [0.5, 0.6) is 5.75 Å². The fraction of sp³-hybridized carbons (Fsp3) is 0.440. The van der Waals surface area contributed by atoms with Gasteiger partial charge in [0.1, 0.15) is 12.1 Å². The molecule has 0 bridgehead atoms. The monoisotopic (exact) mass is 456 g/mol. The van der Waals surface area contributed by atoms with Gasteiger partial charge in [-0.25, -0.2) is 9.18 Å². The molecule has 4 rings (SSSR count). The molecule has 0 radical (unpaired) electrons. The van der Waals surface area contributed by atoms with E-state index in [0.717, 1.165) is 18.4 Å². The Bertz CT molecular complexity index is 985. The van der Waals surface area contributed by atoms with Gasteiger partial charge in [-0.1, -0.05) is 24.3 Å². The van der Waals surface area contributed by atoms with E-state index in [1.165, 1.54) is 13.2 Å². The molecule has 2 aromatic carbocycles. The van der Waals surface area contributed by atoms with E-state index in [1.807, 2.05) is 12.1 Å². The largest absolute Gasteiger partial charge is 0.489 e. The van der Waals surface area contributed by atoms with Crippen LogP contribution in [0.1, 0.15) is 41.6 Å². The van der Waals surface area contributed by atoms with Crippen LogP contribution in [0.2, 0.25) is 0 Å². The third kappa shape index (κ3) is 5.17. The van der Waals surface area contributed by atoms with Crippen molar-refractivity contribution in [1.29, 1.82) is 0 Å². The minimum absolute atomic E-state index is 0.0776. The van der Waals surface area contributed by atoms with Gasteiger partial charge in [-0.3, -0.25) is 10.1 Å². The van der Waals surface area contributed by atoms with Crippen LogP contribution in [0.3, 0.4) is 0 Å². The van der Waals surface area contributed by atoms with Gasteiger partial charge in [-0.05, 0) is 55.5 Å². The number of hydrogen-bond acceptors (Lipinski definition) is 6. The maximum absolute atomic E-state index is 13.8. The maximum atomic E-state index is 13.8. The van der Waals surface area contributed by atoms with Crippen LogP contribution in [0.15, 0.2) is 48.5 Å². The second-order valence-electron chi connectivity index (χ2n) is 8.51. The smallest absolute Gasteiger partial charge is 0.337 e. The van der Waals surface area contributed by atoms with Crippen LogP contribution >= 0.6 is 0 Å². The van der Waals surface area contributed by atoms with Gasteiger partial charge in [-0.15, -0.1) is 0 Å². The third-order valence-electron chi connectivity index (χ3n) is 6.40. The molecular formula is C25H29FN2O5. The van der Waals surface area contributed by atoms with E-state index in [0.29, 0.717) is 38.2 Å². The zero-order chi connectivity index (χ0) is 23.3. The number of amides is 1. The summed E-state index contributed by atoms with van der Waals surface area (Å²) < 4.78 is 29.6. The Hall–Kier alpha value is -2.97. The number of carbonyl (C=O) groups is 2. The molecule has 176 valence electrons. The molecule has 2 N–H and O–H groups in total. The number of para-hydroxylation sites is 1. The highest BCUT2D eigenvalue weighted by atomic mass is 19.1. The number of benzene rings is 2. The second kappa shape index (κ2) is 9.89. The average molecular weight is 457 g/mol. The Morgan fingerprint density at radius 1 is 1.03 bits per heavy atom. The second-order valence-corrected chi connectivity index (χ2v) is 8.51. The summed E-state index contributed by atoms with van der Waals surface area (Å²) >= 11 is 0. The first-order valence-corrected chi connectivity index (χ1v) is 11.2. The standard InChI is InChI=1S/C25H29FN2O5/c1-31-22(29)18-6-8-19(9-7-18)24(10-11-24)28-23(30)25(12-15-32-16-13-25)27-14-17-33-21-5-3-2-4-20(21)26/h2-9,27H,10-17H2,1H3,(H,28,30). The molecule has 2 fully saturated rings. The average Bonchev–Trinajstić information content (AvgIpc) is 3.63. The van der Waals surface area contributed by atoms with Crippen molar-refractivity contribution in [2.45, 2.75) is 36.8 Å². The highest BCUT2D eigenvalue weighted by molar-refractivity contribution is 5.89. The van der Waals surface area contributed by atoms with Crippen molar-refractivity contribution in [3.05, 3.63) is 65.5 Å².